The van der Waals surface area contributed by atoms with Crippen molar-refractivity contribution in [1.82, 2.24) is 0 Å². The first-order chi connectivity index (χ1) is 8.83. The van der Waals surface area contributed by atoms with Gasteiger partial charge >= 0.3 is 0 Å². The Labute approximate surface area is 104 Å². The molecule has 0 amide bonds. The molecule has 0 aliphatic heterocycles. The molecule has 0 saturated heterocycles. The van der Waals surface area contributed by atoms with Gasteiger partial charge in [0.25, 0.3) is 0 Å². The first-order valence-electron chi connectivity index (χ1n) is 5.69. The molecule has 3 aromatic rings. The third-order valence-electron chi connectivity index (χ3n) is 3.20. The van der Waals surface area contributed by atoms with E-state index in [9.17, 15) is 9.59 Å². The SMILES string of the molecule is O=Cc1cccc2cc3cccc(C=O)c3cc12. The number of fused-ring (bicyclic) bond motifs is 2. The van der Waals surface area contributed by atoms with Crippen LogP contribution in [0.25, 0.3) is 21.5 Å². The normalized spacial score (nSPS) is 10.7. The van der Waals surface area contributed by atoms with Gasteiger partial charge in [-0.1, -0.05) is 36.4 Å². The van der Waals surface area contributed by atoms with Crippen molar-refractivity contribution in [2.24, 2.45) is 0 Å². The van der Waals surface area contributed by atoms with Gasteiger partial charge in [0.2, 0.25) is 0 Å². The molecular weight excluding hydrogens is 224 g/mol. The summed E-state index contributed by atoms with van der Waals surface area (Å²) in [6, 6.07) is 15.1. The van der Waals surface area contributed by atoms with E-state index in [1.807, 2.05) is 36.4 Å². The van der Waals surface area contributed by atoms with Gasteiger partial charge in [-0.25, -0.2) is 0 Å². The summed E-state index contributed by atoms with van der Waals surface area (Å²) in [5.41, 5.74) is 1.30. The summed E-state index contributed by atoms with van der Waals surface area (Å²) in [4.78, 5) is 22.1. The summed E-state index contributed by atoms with van der Waals surface area (Å²) >= 11 is 0. The number of aldehydes is 2. The Hall–Kier alpha value is -2.48. The van der Waals surface area contributed by atoms with Gasteiger partial charge in [0.1, 0.15) is 0 Å². The second-order valence-corrected chi connectivity index (χ2v) is 4.22. The van der Waals surface area contributed by atoms with Gasteiger partial charge < -0.3 is 0 Å². The molecule has 0 spiro atoms. The molecule has 2 heteroatoms. The van der Waals surface area contributed by atoms with E-state index in [-0.39, 0.29) is 0 Å². The molecule has 3 aromatic carbocycles. The first kappa shape index (κ1) is 10.7. The van der Waals surface area contributed by atoms with Crippen LogP contribution in [0.15, 0.2) is 48.5 Å². The second kappa shape index (κ2) is 4.08. The van der Waals surface area contributed by atoms with Gasteiger partial charge in [-0.2, -0.15) is 0 Å². The predicted octanol–water partition coefficient (Wildman–Crippen LogP) is 3.62. The van der Waals surface area contributed by atoms with Crippen LogP contribution in [-0.2, 0) is 0 Å². The minimum Gasteiger partial charge on any atom is -0.298 e. The van der Waals surface area contributed by atoms with Gasteiger partial charge in [-0.3, -0.25) is 9.59 Å². The largest absolute Gasteiger partial charge is 0.298 e. The summed E-state index contributed by atoms with van der Waals surface area (Å²) < 4.78 is 0. The van der Waals surface area contributed by atoms with Crippen molar-refractivity contribution in [3.05, 3.63) is 59.7 Å². The van der Waals surface area contributed by atoms with Crippen molar-refractivity contribution in [2.75, 3.05) is 0 Å². The smallest absolute Gasteiger partial charge is 0.150 e. The minimum atomic E-state index is 0.648. The molecule has 0 atom stereocenters. The molecule has 0 unspecified atom stereocenters. The predicted molar refractivity (Wildman–Crippen MR) is 72.2 cm³/mol. The monoisotopic (exact) mass is 234 g/mol. The Balaban J connectivity index is 2.52. The maximum absolute atomic E-state index is 11.0. The van der Waals surface area contributed by atoms with Crippen LogP contribution in [0.1, 0.15) is 20.7 Å². The molecular formula is C16H10O2. The van der Waals surface area contributed by atoms with Gasteiger partial charge in [-0.05, 0) is 33.7 Å². The zero-order valence-electron chi connectivity index (χ0n) is 9.59. The molecule has 18 heavy (non-hydrogen) atoms. The van der Waals surface area contributed by atoms with Crippen molar-refractivity contribution in [2.45, 2.75) is 0 Å². The van der Waals surface area contributed by atoms with Crippen LogP contribution in [-0.4, -0.2) is 12.6 Å². The van der Waals surface area contributed by atoms with Gasteiger partial charge in [-0.15, -0.1) is 0 Å². The average Bonchev–Trinajstić information content (AvgIpc) is 2.43. The molecule has 0 radical (unpaired) electrons. The van der Waals surface area contributed by atoms with E-state index in [0.717, 1.165) is 34.1 Å². The van der Waals surface area contributed by atoms with E-state index in [1.54, 1.807) is 12.1 Å². The second-order valence-electron chi connectivity index (χ2n) is 4.22. The third kappa shape index (κ3) is 1.51. The highest BCUT2D eigenvalue weighted by molar-refractivity contribution is 6.09. The Morgan fingerprint density at radius 1 is 0.667 bits per heavy atom. The fourth-order valence-electron chi connectivity index (χ4n) is 2.31. The molecule has 86 valence electrons. The van der Waals surface area contributed by atoms with Crippen LogP contribution in [0.5, 0.6) is 0 Å². The maximum atomic E-state index is 11.0. The highest BCUT2D eigenvalue weighted by atomic mass is 16.1. The number of rotatable bonds is 2. The van der Waals surface area contributed by atoms with Gasteiger partial charge in [0.15, 0.2) is 12.6 Å². The van der Waals surface area contributed by atoms with Crippen LogP contribution in [0.2, 0.25) is 0 Å². The van der Waals surface area contributed by atoms with Crippen LogP contribution < -0.4 is 0 Å². The van der Waals surface area contributed by atoms with Crippen molar-refractivity contribution >= 4 is 34.1 Å². The lowest BCUT2D eigenvalue weighted by Gasteiger charge is -2.06. The summed E-state index contributed by atoms with van der Waals surface area (Å²) in [5.74, 6) is 0. The van der Waals surface area contributed by atoms with E-state index < -0.39 is 0 Å². The minimum absolute atomic E-state index is 0.648. The van der Waals surface area contributed by atoms with Gasteiger partial charge in [0.05, 0.1) is 0 Å². The highest BCUT2D eigenvalue weighted by Crippen LogP contribution is 2.26. The third-order valence-corrected chi connectivity index (χ3v) is 3.20. The fourth-order valence-corrected chi connectivity index (χ4v) is 2.31. The number of benzene rings is 3. The van der Waals surface area contributed by atoms with Crippen LogP contribution in [0.3, 0.4) is 0 Å². The Morgan fingerprint density at radius 3 is 1.61 bits per heavy atom. The highest BCUT2D eigenvalue weighted by Gasteiger charge is 2.05. The fraction of sp³-hybridized carbons (Fsp3) is 0. The Bertz CT molecular complexity index is 709. The molecule has 0 saturated carbocycles. The molecule has 0 fully saturated rings. The van der Waals surface area contributed by atoms with Crippen molar-refractivity contribution in [3.8, 4) is 0 Å². The van der Waals surface area contributed by atoms with Gasteiger partial charge in [0, 0.05) is 11.1 Å². The summed E-state index contributed by atoms with van der Waals surface area (Å²) in [6.45, 7) is 0. The van der Waals surface area contributed by atoms with Crippen LogP contribution in [0, 0.1) is 0 Å². The van der Waals surface area contributed by atoms with E-state index in [0.29, 0.717) is 11.1 Å². The average molecular weight is 234 g/mol. The standard InChI is InChI=1S/C16H10O2/c17-9-13-5-1-3-11-7-12-4-2-6-14(10-18)16(12)8-15(11)13/h1-10H. The number of hydrogen-bond acceptors (Lipinski definition) is 2. The number of carbonyl (C=O) groups is 2. The summed E-state index contributed by atoms with van der Waals surface area (Å²) in [6.07, 6.45) is 1.69. The van der Waals surface area contributed by atoms with E-state index in [4.69, 9.17) is 0 Å². The Morgan fingerprint density at radius 2 is 1.17 bits per heavy atom. The summed E-state index contributed by atoms with van der Waals surface area (Å²) in [5, 5.41) is 3.79. The lowest BCUT2D eigenvalue weighted by Crippen LogP contribution is -1.87. The van der Waals surface area contributed by atoms with Crippen molar-refractivity contribution in [1.29, 1.82) is 0 Å². The Kier molecular flexibility index (Phi) is 2.41. The zero-order chi connectivity index (χ0) is 12.5. The molecule has 0 aliphatic rings. The first-order valence-corrected chi connectivity index (χ1v) is 5.69. The van der Waals surface area contributed by atoms with E-state index in [1.165, 1.54) is 0 Å². The molecule has 0 aromatic heterocycles. The molecule has 0 aliphatic carbocycles. The quantitative estimate of drug-likeness (QED) is 0.501. The molecule has 0 N–H and O–H groups in total. The van der Waals surface area contributed by atoms with Crippen LogP contribution in [0.4, 0.5) is 0 Å². The number of carbonyl (C=O) groups excluding carboxylic acids is 2. The zero-order valence-corrected chi connectivity index (χ0v) is 9.59. The molecule has 2 nitrogen and oxygen atoms in total. The topological polar surface area (TPSA) is 34.1 Å². The molecule has 0 heterocycles. The lowest BCUT2D eigenvalue weighted by atomic mass is 9.98. The van der Waals surface area contributed by atoms with Crippen molar-refractivity contribution in [3.63, 3.8) is 0 Å². The van der Waals surface area contributed by atoms with E-state index in [2.05, 4.69) is 0 Å². The maximum Gasteiger partial charge on any atom is 0.150 e. The number of hydrogen-bond donors (Lipinski definition) is 0. The van der Waals surface area contributed by atoms with Crippen LogP contribution >= 0.6 is 0 Å². The van der Waals surface area contributed by atoms with E-state index >= 15 is 0 Å². The molecule has 3 rings (SSSR count). The molecule has 0 bridgehead atoms. The summed E-state index contributed by atoms with van der Waals surface area (Å²) in [7, 11) is 0. The lowest BCUT2D eigenvalue weighted by molar-refractivity contribution is 0.111. The van der Waals surface area contributed by atoms with Crippen molar-refractivity contribution < 1.29 is 9.59 Å².